The molecule has 1 amide bonds. The second-order valence-electron chi connectivity index (χ2n) is 8.51. The molecule has 1 aromatic heterocycles. The van der Waals surface area contributed by atoms with E-state index < -0.39 is 17.2 Å². The number of carbonyl (C=O) groups is 1. The highest BCUT2D eigenvalue weighted by Crippen LogP contribution is 2.45. The number of rotatable bonds is 4. The summed E-state index contributed by atoms with van der Waals surface area (Å²) in [7, 11) is 1.57. The molecule has 160 valence electrons. The van der Waals surface area contributed by atoms with Crippen LogP contribution in [0.4, 0.5) is 10.3 Å². The molecule has 1 spiro atoms. The van der Waals surface area contributed by atoms with E-state index in [2.05, 4.69) is 15.2 Å². The van der Waals surface area contributed by atoms with Gasteiger partial charge in [0.15, 0.2) is 5.69 Å². The van der Waals surface area contributed by atoms with Crippen molar-refractivity contribution >= 4 is 11.9 Å². The van der Waals surface area contributed by atoms with Crippen molar-refractivity contribution in [2.24, 2.45) is 12.5 Å². The number of carbonyl (C=O) groups excluding carboxylic acids is 1. The van der Waals surface area contributed by atoms with Crippen LogP contribution in [0.3, 0.4) is 0 Å². The van der Waals surface area contributed by atoms with Gasteiger partial charge in [-0.05, 0) is 48.8 Å². The first-order valence-corrected chi connectivity index (χ1v) is 10.5. The first kappa shape index (κ1) is 20.4. The highest BCUT2D eigenvalue weighted by atomic mass is 19.1. The van der Waals surface area contributed by atoms with Crippen LogP contribution >= 0.6 is 0 Å². The van der Waals surface area contributed by atoms with Gasteiger partial charge in [0, 0.05) is 26.7 Å². The fraction of sp³-hybridized carbons (Fsp3) is 0.500. The molecule has 8 heteroatoms. The zero-order valence-electron chi connectivity index (χ0n) is 17.2. The number of nitrogens with zero attached hydrogens (tertiary/aromatic N) is 3. The van der Waals surface area contributed by atoms with E-state index in [1.807, 2.05) is 0 Å². The van der Waals surface area contributed by atoms with Gasteiger partial charge in [-0.1, -0.05) is 25.0 Å². The summed E-state index contributed by atoms with van der Waals surface area (Å²) in [4.78, 5) is 31.8. The third-order valence-corrected chi connectivity index (χ3v) is 6.43. The van der Waals surface area contributed by atoms with Crippen LogP contribution in [0, 0.1) is 11.2 Å². The van der Waals surface area contributed by atoms with Gasteiger partial charge in [0.2, 0.25) is 11.7 Å². The van der Waals surface area contributed by atoms with Gasteiger partial charge in [-0.15, -0.1) is 0 Å². The Morgan fingerprint density at radius 1 is 1.20 bits per heavy atom. The van der Waals surface area contributed by atoms with E-state index in [4.69, 9.17) is 0 Å². The lowest BCUT2D eigenvalue weighted by Crippen LogP contribution is -2.45. The van der Waals surface area contributed by atoms with Crippen molar-refractivity contribution in [1.29, 1.82) is 0 Å². The van der Waals surface area contributed by atoms with Crippen molar-refractivity contribution in [3.8, 4) is 5.75 Å². The zero-order valence-corrected chi connectivity index (χ0v) is 17.2. The Hall–Kier alpha value is -2.90. The minimum absolute atomic E-state index is 0.137. The smallest absolute Gasteiger partial charge is 0.297 e. The van der Waals surface area contributed by atoms with Gasteiger partial charge in [0.25, 0.3) is 11.5 Å². The van der Waals surface area contributed by atoms with E-state index >= 15 is 0 Å². The third-order valence-electron chi connectivity index (χ3n) is 6.43. The summed E-state index contributed by atoms with van der Waals surface area (Å²) in [6.45, 7) is 1.72. The first-order valence-electron chi connectivity index (χ1n) is 10.5. The molecular weight excluding hydrogens is 387 g/mol. The molecule has 2 fully saturated rings. The van der Waals surface area contributed by atoms with Crippen LogP contribution in [-0.4, -0.2) is 33.7 Å². The van der Waals surface area contributed by atoms with Crippen molar-refractivity contribution < 1.29 is 14.3 Å². The zero-order chi connectivity index (χ0) is 21.3. The van der Waals surface area contributed by atoms with E-state index in [0.29, 0.717) is 11.5 Å². The topological polar surface area (TPSA) is 87.5 Å². The Kier molecular flexibility index (Phi) is 5.49. The Balaban J connectivity index is 1.58. The number of benzene rings is 1. The van der Waals surface area contributed by atoms with Crippen molar-refractivity contribution in [2.45, 2.75) is 45.1 Å². The number of aromatic hydroxyl groups is 1. The predicted octanol–water partition coefficient (Wildman–Crippen LogP) is 2.72. The minimum Gasteiger partial charge on any atom is -0.501 e. The number of anilines is 1. The van der Waals surface area contributed by atoms with E-state index in [1.165, 1.54) is 48.8 Å². The van der Waals surface area contributed by atoms with Gasteiger partial charge in [0.05, 0.1) is 0 Å². The van der Waals surface area contributed by atoms with E-state index in [1.54, 1.807) is 19.2 Å². The van der Waals surface area contributed by atoms with Crippen LogP contribution in [0.5, 0.6) is 5.75 Å². The summed E-state index contributed by atoms with van der Waals surface area (Å²) >= 11 is 0. The molecule has 1 aliphatic heterocycles. The quantitative estimate of drug-likeness (QED) is 0.803. The van der Waals surface area contributed by atoms with Crippen LogP contribution in [0.15, 0.2) is 29.1 Å². The maximum absolute atomic E-state index is 13.0. The lowest BCUT2D eigenvalue weighted by Gasteiger charge is -2.41. The van der Waals surface area contributed by atoms with Gasteiger partial charge >= 0.3 is 0 Å². The van der Waals surface area contributed by atoms with Crippen molar-refractivity contribution in [1.82, 2.24) is 14.9 Å². The number of nitrogens with one attached hydrogen (secondary N) is 1. The average Bonchev–Trinajstić information content (AvgIpc) is 3.19. The lowest BCUT2D eigenvalue weighted by molar-refractivity contribution is 0.0942. The minimum atomic E-state index is -0.662. The summed E-state index contributed by atoms with van der Waals surface area (Å²) < 4.78 is 14.4. The molecule has 0 atom stereocenters. The Morgan fingerprint density at radius 3 is 2.57 bits per heavy atom. The monoisotopic (exact) mass is 414 g/mol. The number of halogens is 1. The number of hydrogen-bond acceptors (Lipinski definition) is 5. The number of aromatic nitrogens is 2. The molecule has 2 aromatic rings. The number of piperidine rings is 1. The van der Waals surface area contributed by atoms with Gasteiger partial charge < -0.3 is 15.3 Å². The number of amides is 1. The maximum atomic E-state index is 13.0. The fourth-order valence-electron chi connectivity index (χ4n) is 4.80. The summed E-state index contributed by atoms with van der Waals surface area (Å²) in [5.41, 5.74) is 0.0468. The standard InChI is InChI=1S/C22H27FN4O3/c1-26-20(30)18(28)17(19(29)24-13-15-5-7-16(23)8-6-15)25-21(26)27-12-4-11-22(14-27)9-2-3-10-22/h5-8,28H,2-4,9-14H2,1H3,(H,24,29). The van der Waals surface area contributed by atoms with E-state index in [9.17, 15) is 19.1 Å². The molecule has 0 bridgehead atoms. The summed E-state index contributed by atoms with van der Waals surface area (Å²) in [5, 5.41) is 12.9. The summed E-state index contributed by atoms with van der Waals surface area (Å²) in [6, 6.07) is 5.74. The van der Waals surface area contributed by atoms with Crippen molar-refractivity contribution in [3.05, 3.63) is 51.7 Å². The van der Waals surface area contributed by atoms with Gasteiger partial charge in [-0.3, -0.25) is 14.2 Å². The normalized spacial score (nSPS) is 18.0. The summed E-state index contributed by atoms with van der Waals surface area (Å²) in [5.74, 6) is -1.24. The first-order chi connectivity index (χ1) is 14.4. The molecule has 2 aliphatic rings. The highest BCUT2D eigenvalue weighted by molar-refractivity contribution is 5.95. The molecule has 4 rings (SSSR count). The van der Waals surface area contributed by atoms with E-state index in [0.717, 1.165) is 19.5 Å². The molecule has 1 saturated heterocycles. The van der Waals surface area contributed by atoms with Crippen LogP contribution in [0.25, 0.3) is 0 Å². The van der Waals surface area contributed by atoms with Crippen LogP contribution < -0.4 is 15.8 Å². The molecule has 2 heterocycles. The van der Waals surface area contributed by atoms with E-state index in [-0.39, 0.29) is 23.5 Å². The van der Waals surface area contributed by atoms with Crippen molar-refractivity contribution in [3.63, 3.8) is 0 Å². The second kappa shape index (κ2) is 8.08. The van der Waals surface area contributed by atoms with Gasteiger partial charge in [0.1, 0.15) is 5.82 Å². The maximum Gasteiger partial charge on any atom is 0.297 e. The Labute approximate surface area is 174 Å². The predicted molar refractivity (Wildman–Crippen MR) is 111 cm³/mol. The molecule has 30 heavy (non-hydrogen) atoms. The average molecular weight is 414 g/mol. The molecular formula is C22H27FN4O3. The Morgan fingerprint density at radius 2 is 1.87 bits per heavy atom. The molecule has 0 unspecified atom stereocenters. The molecule has 1 saturated carbocycles. The third kappa shape index (κ3) is 3.91. The van der Waals surface area contributed by atoms with Crippen LogP contribution in [-0.2, 0) is 13.6 Å². The van der Waals surface area contributed by atoms with Gasteiger partial charge in [-0.25, -0.2) is 9.37 Å². The van der Waals surface area contributed by atoms with Crippen molar-refractivity contribution in [2.75, 3.05) is 18.0 Å². The molecule has 0 radical (unpaired) electrons. The molecule has 1 aliphatic carbocycles. The summed E-state index contributed by atoms with van der Waals surface area (Å²) in [6.07, 6.45) is 7.02. The Bertz CT molecular complexity index is 997. The molecule has 7 nitrogen and oxygen atoms in total. The fourth-order valence-corrected chi connectivity index (χ4v) is 4.80. The second-order valence-corrected chi connectivity index (χ2v) is 8.51. The van der Waals surface area contributed by atoms with Gasteiger partial charge in [-0.2, -0.15) is 0 Å². The number of hydrogen-bond donors (Lipinski definition) is 2. The lowest BCUT2D eigenvalue weighted by atomic mass is 9.78. The molecule has 2 N–H and O–H groups in total. The largest absolute Gasteiger partial charge is 0.501 e. The van der Waals surface area contributed by atoms with Crippen LogP contribution in [0.1, 0.15) is 54.6 Å². The van der Waals surface area contributed by atoms with Crippen LogP contribution in [0.2, 0.25) is 0 Å². The molecule has 1 aromatic carbocycles. The highest BCUT2D eigenvalue weighted by Gasteiger charge is 2.39. The SMILES string of the molecule is Cn1c(N2CCCC3(CCCC3)C2)nc(C(=O)NCc2ccc(F)cc2)c(O)c1=O.